The SMILES string of the molecule is Cc1cc(Br)c(NC(=O)COc2ccc(C=Cc3[nH]c(=O)[nH]c(=O)c3[N+](=O)[O-])cc2)cc1C. The highest BCUT2D eigenvalue weighted by Gasteiger charge is 2.18. The molecule has 0 aliphatic heterocycles. The van der Waals surface area contributed by atoms with Gasteiger partial charge in [0, 0.05) is 4.47 Å². The number of hydrogen-bond donors (Lipinski definition) is 3. The molecule has 1 amide bonds. The number of carbonyl (C=O) groups is 1. The average Bonchev–Trinajstić information content (AvgIpc) is 2.74. The van der Waals surface area contributed by atoms with Crippen molar-refractivity contribution in [2.24, 2.45) is 0 Å². The maximum atomic E-state index is 12.2. The van der Waals surface area contributed by atoms with Gasteiger partial charge in [-0.15, -0.1) is 0 Å². The second-order valence-corrected chi connectivity index (χ2v) is 7.94. The van der Waals surface area contributed by atoms with E-state index in [1.54, 1.807) is 24.3 Å². The summed E-state index contributed by atoms with van der Waals surface area (Å²) in [6.07, 6.45) is 2.75. The zero-order chi connectivity index (χ0) is 24.1. The first-order valence-corrected chi connectivity index (χ1v) is 10.4. The Balaban J connectivity index is 1.64. The first-order valence-electron chi connectivity index (χ1n) is 9.62. The van der Waals surface area contributed by atoms with Crippen LogP contribution in [-0.4, -0.2) is 27.4 Å². The van der Waals surface area contributed by atoms with Crippen LogP contribution < -0.4 is 21.3 Å². The van der Waals surface area contributed by atoms with Crippen molar-refractivity contribution in [3.05, 3.63) is 94.2 Å². The van der Waals surface area contributed by atoms with Gasteiger partial charge in [0.25, 0.3) is 5.91 Å². The molecule has 2 aromatic carbocycles. The summed E-state index contributed by atoms with van der Waals surface area (Å²) in [5, 5.41) is 13.9. The van der Waals surface area contributed by atoms with E-state index >= 15 is 0 Å². The van der Waals surface area contributed by atoms with Crippen LogP contribution in [0.3, 0.4) is 0 Å². The maximum absolute atomic E-state index is 12.2. The molecule has 0 aliphatic rings. The molecular weight excluding hydrogens is 496 g/mol. The number of aromatic amines is 2. The van der Waals surface area contributed by atoms with E-state index in [1.165, 1.54) is 12.2 Å². The summed E-state index contributed by atoms with van der Waals surface area (Å²) in [6.45, 7) is 3.73. The van der Waals surface area contributed by atoms with Crippen molar-refractivity contribution < 1.29 is 14.5 Å². The van der Waals surface area contributed by atoms with Crippen LogP contribution in [0.2, 0.25) is 0 Å². The third-order valence-corrected chi connectivity index (χ3v) is 5.33. The molecule has 170 valence electrons. The van der Waals surface area contributed by atoms with Crippen LogP contribution in [0.15, 0.2) is 50.5 Å². The number of hydrogen-bond acceptors (Lipinski definition) is 6. The summed E-state index contributed by atoms with van der Waals surface area (Å²) in [5.74, 6) is 0.116. The molecule has 3 rings (SSSR count). The van der Waals surface area contributed by atoms with E-state index in [9.17, 15) is 24.5 Å². The van der Waals surface area contributed by atoms with Gasteiger partial charge in [-0.2, -0.15) is 0 Å². The molecule has 0 bridgehead atoms. The fraction of sp³-hybridized carbons (Fsp3) is 0.136. The number of halogens is 1. The number of nitrogens with zero attached hydrogens (tertiary/aromatic N) is 1. The van der Waals surface area contributed by atoms with Gasteiger partial charge in [0.15, 0.2) is 6.61 Å². The van der Waals surface area contributed by atoms with Gasteiger partial charge in [0.05, 0.1) is 10.6 Å². The molecule has 1 heterocycles. The van der Waals surface area contributed by atoms with Crippen molar-refractivity contribution in [1.82, 2.24) is 9.97 Å². The van der Waals surface area contributed by atoms with Crippen molar-refractivity contribution in [3.8, 4) is 5.75 Å². The number of amides is 1. The Bertz CT molecular complexity index is 1360. The number of nitro groups is 1. The summed E-state index contributed by atoms with van der Waals surface area (Å²) in [7, 11) is 0. The largest absolute Gasteiger partial charge is 0.484 e. The minimum Gasteiger partial charge on any atom is -0.484 e. The topological polar surface area (TPSA) is 147 Å². The fourth-order valence-electron chi connectivity index (χ4n) is 2.87. The van der Waals surface area contributed by atoms with Crippen LogP contribution in [0.5, 0.6) is 5.75 Å². The number of H-pyrrole nitrogens is 2. The van der Waals surface area contributed by atoms with Crippen LogP contribution in [0.4, 0.5) is 11.4 Å². The third kappa shape index (κ3) is 6.04. The molecule has 0 radical (unpaired) electrons. The average molecular weight is 515 g/mol. The molecule has 0 saturated heterocycles. The number of rotatable bonds is 7. The number of anilines is 1. The molecule has 3 N–H and O–H groups in total. The van der Waals surface area contributed by atoms with Gasteiger partial charge in [-0.3, -0.25) is 24.7 Å². The van der Waals surface area contributed by atoms with Gasteiger partial charge in [0.1, 0.15) is 11.4 Å². The fourth-order valence-corrected chi connectivity index (χ4v) is 3.42. The predicted octanol–water partition coefficient (Wildman–Crippen LogP) is 3.54. The van der Waals surface area contributed by atoms with E-state index in [2.05, 4.69) is 26.2 Å². The van der Waals surface area contributed by atoms with E-state index in [0.717, 1.165) is 15.6 Å². The monoisotopic (exact) mass is 514 g/mol. The normalized spacial score (nSPS) is 10.9. The van der Waals surface area contributed by atoms with Gasteiger partial charge in [-0.1, -0.05) is 18.2 Å². The lowest BCUT2D eigenvalue weighted by Gasteiger charge is -2.11. The molecular formula is C22H19BrN4O6. The van der Waals surface area contributed by atoms with Gasteiger partial charge < -0.3 is 15.0 Å². The Morgan fingerprint density at radius 2 is 1.79 bits per heavy atom. The van der Waals surface area contributed by atoms with Gasteiger partial charge >= 0.3 is 16.9 Å². The van der Waals surface area contributed by atoms with Crippen LogP contribution in [-0.2, 0) is 4.79 Å². The summed E-state index contributed by atoms with van der Waals surface area (Å²) in [6, 6.07) is 10.3. The van der Waals surface area contributed by atoms with Crippen LogP contribution in [0.1, 0.15) is 22.4 Å². The minimum absolute atomic E-state index is 0.200. The zero-order valence-electron chi connectivity index (χ0n) is 17.6. The lowest BCUT2D eigenvalue weighted by Crippen LogP contribution is -2.25. The lowest BCUT2D eigenvalue weighted by atomic mass is 10.1. The Morgan fingerprint density at radius 1 is 1.12 bits per heavy atom. The van der Waals surface area contributed by atoms with Gasteiger partial charge in [-0.25, -0.2) is 4.79 Å². The van der Waals surface area contributed by atoms with Crippen LogP contribution >= 0.6 is 15.9 Å². The Hall–Kier alpha value is -3.99. The summed E-state index contributed by atoms with van der Waals surface area (Å²) in [5.41, 5.74) is 0.520. The summed E-state index contributed by atoms with van der Waals surface area (Å²) < 4.78 is 6.28. The van der Waals surface area contributed by atoms with Crippen molar-refractivity contribution >= 4 is 45.4 Å². The van der Waals surface area contributed by atoms with Gasteiger partial charge in [-0.05, 0) is 76.8 Å². The van der Waals surface area contributed by atoms with E-state index in [1.807, 2.05) is 31.0 Å². The van der Waals surface area contributed by atoms with Gasteiger partial charge in [0.2, 0.25) is 0 Å². The maximum Gasteiger partial charge on any atom is 0.357 e. The van der Waals surface area contributed by atoms with E-state index in [-0.39, 0.29) is 18.2 Å². The Morgan fingerprint density at radius 3 is 2.45 bits per heavy atom. The molecule has 0 saturated carbocycles. The van der Waals surface area contributed by atoms with E-state index in [0.29, 0.717) is 17.0 Å². The molecule has 10 nitrogen and oxygen atoms in total. The van der Waals surface area contributed by atoms with Crippen molar-refractivity contribution in [2.75, 3.05) is 11.9 Å². The quantitative estimate of drug-likeness (QED) is 0.324. The van der Waals surface area contributed by atoms with Crippen molar-refractivity contribution in [2.45, 2.75) is 13.8 Å². The standard InChI is InChI=1S/C22H19BrN4O6/c1-12-9-16(23)18(10-13(12)2)24-19(28)11-33-15-6-3-14(4-7-15)5-8-17-20(27(31)32)21(29)26-22(30)25-17/h3-10H,11H2,1-2H3,(H,24,28)(H2,25,26,29,30). The summed E-state index contributed by atoms with van der Waals surface area (Å²) in [4.78, 5) is 49.5. The molecule has 1 aromatic heterocycles. The highest BCUT2D eigenvalue weighted by molar-refractivity contribution is 9.10. The second-order valence-electron chi connectivity index (χ2n) is 7.08. The number of benzene rings is 2. The van der Waals surface area contributed by atoms with Crippen LogP contribution in [0, 0.1) is 24.0 Å². The van der Waals surface area contributed by atoms with Crippen LogP contribution in [0.25, 0.3) is 12.2 Å². The second kappa shape index (κ2) is 10.1. The molecule has 0 atom stereocenters. The number of aryl methyl sites for hydroxylation is 2. The molecule has 0 aliphatic carbocycles. The molecule has 11 heteroatoms. The van der Waals surface area contributed by atoms with E-state index in [4.69, 9.17) is 4.74 Å². The molecule has 3 aromatic rings. The number of ether oxygens (including phenoxy) is 1. The predicted molar refractivity (Wildman–Crippen MR) is 127 cm³/mol. The third-order valence-electron chi connectivity index (χ3n) is 4.68. The highest BCUT2D eigenvalue weighted by atomic mass is 79.9. The Labute approximate surface area is 195 Å². The molecule has 0 fully saturated rings. The van der Waals surface area contributed by atoms with E-state index < -0.39 is 21.9 Å². The number of nitrogens with one attached hydrogen (secondary N) is 3. The smallest absolute Gasteiger partial charge is 0.357 e. The molecule has 33 heavy (non-hydrogen) atoms. The van der Waals surface area contributed by atoms with Crippen molar-refractivity contribution in [3.63, 3.8) is 0 Å². The first kappa shape index (κ1) is 23.7. The first-order chi connectivity index (χ1) is 15.6. The highest BCUT2D eigenvalue weighted by Crippen LogP contribution is 2.26. The van der Waals surface area contributed by atoms with Crippen molar-refractivity contribution in [1.29, 1.82) is 0 Å². The number of carbonyl (C=O) groups excluding carboxylic acids is 1. The lowest BCUT2D eigenvalue weighted by molar-refractivity contribution is -0.386. The Kier molecular flexibility index (Phi) is 7.23. The molecule has 0 spiro atoms. The molecule has 0 unspecified atom stereocenters. The zero-order valence-corrected chi connectivity index (χ0v) is 19.2. The minimum atomic E-state index is -1.08. The summed E-state index contributed by atoms with van der Waals surface area (Å²) >= 11 is 3.43. The number of aromatic nitrogens is 2.